The van der Waals surface area contributed by atoms with E-state index >= 15 is 0 Å². The maximum Gasteiger partial charge on any atom is 0.264 e. The van der Waals surface area contributed by atoms with Crippen molar-refractivity contribution < 1.29 is 18.4 Å². The van der Waals surface area contributed by atoms with E-state index in [-0.39, 0.29) is 12.2 Å². The minimum Gasteiger partial charge on any atom is -0.289 e. The van der Waals surface area contributed by atoms with Gasteiger partial charge in [-0.15, -0.1) is 6.58 Å². The van der Waals surface area contributed by atoms with E-state index in [1.807, 2.05) is 0 Å². The molecule has 1 aromatic carbocycles. The van der Waals surface area contributed by atoms with Crippen LogP contribution in [0.2, 0.25) is 0 Å². The van der Waals surface area contributed by atoms with Gasteiger partial charge in [-0.05, 0) is 12.5 Å². The Morgan fingerprint density at radius 2 is 2.00 bits per heavy atom. The Bertz CT molecular complexity index is 553. The molecule has 104 valence electrons. The number of carbonyl (C=O) groups excluding carboxylic acids is 1. The first kappa shape index (κ1) is 15.4. The third-order valence-corrected chi connectivity index (χ3v) is 5.37. The minimum atomic E-state index is -3.77. The van der Waals surface area contributed by atoms with Crippen molar-refractivity contribution in [3.05, 3.63) is 48.6 Å². The molecular formula is C13H17NO4S. The second kappa shape index (κ2) is 5.99. The van der Waals surface area contributed by atoms with Gasteiger partial charge in [-0.25, -0.2) is 13.9 Å². The van der Waals surface area contributed by atoms with Crippen molar-refractivity contribution in [1.29, 1.82) is 0 Å². The third-order valence-electron chi connectivity index (χ3n) is 2.99. The Labute approximate surface area is 112 Å². The number of nitrogens with one attached hydrogen (secondary N) is 1. The summed E-state index contributed by atoms with van der Waals surface area (Å²) in [6.07, 6.45) is 1.21. The zero-order valence-corrected chi connectivity index (χ0v) is 11.5. The summed E-state index contributed by atoms with van der Waals surface area (Å²) in [5.41, 5.74) is 2.13. The lowest BCUT2D eigenvalue weighted by Crippen LogP contribution is -2.51. The highest BCUT2D eigenvalue weighted by atomic mass is 32.2. The molecule has 6 heteroatoms. The molecule has 0 fully saturated rings. The van der Waals surface area contributed by atoms with Crippen LogP contribution in [0.1, 0.15) is 12.5 Å². The predicted molar refractivity (Wildman–Crippen MR) is 72.5 cm³/mol. The van der Waals surface area contributed by atoms with E-state index in [9.17, 15) is 13.2 Å². The van der Waals surface area contributed by atoms with E-state index < -0.39 is 20.5 Å². The monoisotopic (exact) mass is 283 g/mol. The van der Waals surface area contributed by atoms with Crippen LogP contribution in [0.25, 0.3) is 0 Å². The standard InChI is InChI=1S/C13H17NO4S/c1-3-9-19(17,18)13(2,12(15)14-16)10-11-7-5-4-6-8-11/h3-8,16H,1,9-10H2,2H3,(H,14,15). The van der Waals surface area contributed by atoms with Crippen LogP contribution in [-0.2, 0) is 21.1 Å². The molecule has 0 radical (unpaired) electrons. The maximum atomic E-state index is 12.2. The SMILES string of the molecule is C=CCS(=O)(=O)C(C)(Cc1ccccc1)C(=O)NO. The van der Waals surface area contributed by atoms with Gasteiger partial charge in [0.1, 0.15) is 0 Å². The summed E-state index contributed by atoms with van der Waals surface area (Å²) in [5, 5.41) is 8.79. The lowest BCUT2D eigenvalue weighted by molar-refractivity contribution is -0.131. The molecule has 1 unspecified atom stereocenters. The molecule has 0 saturated carbocycles. The van der Waals surface area contributed by atoms with E-state index in [0.29, 0.717) is 5.56 Å². The van der Waals surface area contributed by atoms with Crippen molar-refractivity contribution in [2.75, 3.05) is 5.75 Å². The quantitative estimate of drug-likeness (QED) is 0.465. The smallest absolute Gasteiger partial charge is 0.264 e. The molecule has 0 aromatic heterocycles. The molecule has 5 nitrogen and oxygen atoms in total. The van der Waals surface area contributed by atoms with Gasteiger partial charge in [0, 0.05) is 6.42 Å². The summed E-state index contributed by atoms with van der Waals surface area (Å²) >= 11 is 0. The topological polar surface area (TPSA) is 83.5 Å². The van der Waals surface area contributed by atoms with Crippen molar-refractivity contribution in [2.24, 2.45) is 0 Å². The Balaban J connectivity index is 3.22. The second-order valence-electron chi connectivity index (χ2n) is 4.40. The van der Waals surface area contributed by atoms with Crippen LogP contribution in [0.3, 0.4) is 0 Å². The molecule has 1 aromatic rings. The predicted octanol–water partition coefficient (Wildman–Crippen LogP) is 1.09. The fourth-order valence-corrected chi connectivity index (χ4v) is 3.17. The number of benzene rings is 1. The molecule has 0 aliphatic heterocycles. The van der Waals surface area contributed by atoms with Crippen molar-refractivity contribution in [1.82, 2.24) is 5.48 Å². The van der Waals surface area contributed by atoms with Gasteiger partial charge in [-0.1, -0.05) is 36.4 Å². The molecule has 1 amide bonds. The summed E-state index contributed by atoms with van der Waals surface area (Å²) in [7, 11) is -3.77. The van der Waals surface area contributed by atoms with Crippen LogP contribution in [0.15, 0.2) is 43.0 Å². The molecule has 0 bridgehead atoms. The molecule has 1 rings (SSSR count). The van der Waals surface area contributed by atoms with Gasteiger partial charge in [0.15, 0.2) is 14.6 Å². The van der Waals surface area contributed by atoms with Crippen LogP contribution < -0.4 is 5.48 Å². The Morgan fingerprint density at radius 1 is 1.42 bits per heavy atom. The summed E-state index contributed by atoms with van der Waals surface area (Å²) in [5.74, 6) is -1.28. The highest BCUT2D eigenvalue weighted by molar-refractivity contribution is 7.93. The van der Waals surface area contributed by atoms with E-state index in [1.165, 1.54) is 18.5 Å². The van der Waals surface area contributed by atoms with E-state index in [4.69, 9.17) is 5.21 Å². The minimum absolute atomic E-state index is 0.0175. The zero-order chi connectivity index (χ0) is 14.5. The van der Waals surface area contributed by atoms with Gasteiger partial charge in [-0.2, -0.15) is 0 Å². The van der Waals surface area contributed by atoms with Crippen LogP contribution in [-0.4, -0.2) is 30.0 Å². The Hall–Kier alpha value is -1.66. The van der Waals surface area contributed by atoms with Gasteiger partial charge in [-0.3, -0.25) is 10.0 Å². The Kier molecular flexibility index (Phi) is 4.85. The van der Waals surface area contributed by atoms with Crippen molar-refractivity contribution >= 4 is 15.7 Å². The third kappa shape index (κ3) is 3.21. The highest BCUT2D eigenvalue weighted by Crippen LogP contribution is 2.24. The van der Waals surface area contributed by atoms with Gasteiger partial charge in [0.2, 0.25) is 0 Å². The highest BCUT2D eigenvalue weighted by Gasteiger charge is 2.45. The molecule has 2 N–H and O–H groups in total. The average molecular weight is 283 g/mol. The summed E-state index contributed by atoms with van der Waals surface area (Å²) < 4.78 is 22.7. The zero-order valence-electron chi connectivity index (χ0n) is 10.7. The molecule has 0 aliphatic carbocycles. The summed E-state index contributed by atoms with van der Waals surface area (Å²) in [6, 6.07) is 8.77. The summed E-state index contributed by atoms with van der Waals surface area (Å²) in [6.45, 7) is 4.67. The van der Waals surface area contributed by atoms with Crippen molar-refractivity contribution in [3.8, 4) is 0 Å². The average Bonchev–Trinajstić information content (AvgIpc) is 2.38. The number of amides is 1. The second-order valence-corrected chi connectivity index (χ2v) is 6.87. The number of sulfone groups is 1. The van der Waals surface area contributed by atoms with Crippen LogP contribution in [0.4, 0.5) is 0 Å². The number of carbonyl (C=O) groups is 1. The van der Waals surface area contributed by atoms with Gasteiger partial charge < -0.3 is 0 Å². The fourth-order valence-electron chi connectivity index (χ4n) is 1.77. The van der Waals surface area contributed by atoms with Gasteiger partial charge in [0.25, 0.3) is 5.91 Å². The molecule has 19 heavy (non-hydrogen) atoms. The first-order valence-electron chi connectivity index (χ1n) is 5.69. The van der Waals surface area contributed by atoms with Crippen molar-refractivity contribution in [3.63, 3.8) is 0 Å². The molecular weight excluding hydrogens is 266 g/mol. The lowest BCUT2D eigenvalue weighted by Gasteiger charge is -2.26. The molecule has 0 spiro atoms. The summed E-state index contributed by atoms with van der Waals surface area (Å²) in [4.78, 5) is 11.8. The fraction of sp³-hybridized carbons (Fsp3) is 0.308. The maximum absolute atomic E-state index is 12.2. The number of hydrogen-bond donors (Lipinski definition) is 2. The molecule has 1 atom stereocenters. The molecule has 0 aliphatic rings. The van der Waals surface area contributed by atoms with Crippen LogP contribution >= 0.6 is 0 Å². The van der Waals surface area contributed by atoms with Crippen LogP contribution in [0.5, 0.6) is 0 Å². The number of hydroxylamine groups is 1. The Morgan fingerprint density at radius 3 is 2.47 bits per heavy atom. The van der Waals surface area contributed by atoms with Gasteiger partial charge >= 0.3 is 0 Å². The molecule has 0 saturated heterocycles. The first-order valence-corrected chi connectivity index (χ1v) is 7.34. The first-order chi connectivity index (χ1) is 8.87. The molecule has 0 heterocycles. The largest absolute Gasteiger partial charge is 0.289 e. The number of rotatable bonds is 6. The van der Waals surface area contributed by atoms with Crippen LogP contribution in [0, 0.1) is 0 Å². The number of hydrogen-bond acceptors (Lipinski definition) is 4. The van der Waals surface area contributed by atoms with Gasteiger partial charge in [0.05, 0.1) is 5.75 Å². The van der Waals surface area contributed by atoms with E-state index in [2.05, 4.69) is 6.58 Å². The van der Waals surface area contributed by atoms with Crippen molar-refractivity contribution in [2.45, 2.75) is 18.1 Å². The normalized spacial score (nSPS) is 14.4. The van der Waals surface area contributed by atoms with E-state index in [1.54, 1.807) is 30.3 Å². The lowest BCUT2D eigenvalue weighted by atomic mass is 10.00. The van der Waals surface area contributed by atoms with E-state index in [0.717, 1.165) is 0 Å².